The van der Waals surface area contributed by atoms with Gasteiger partial charge in [-0.3, -0.25) is 0 Å². The summed E-state index contributed by atoms with van der Waals surface area (Å²) in [4.78, 5) is 8.39. The summed E-state index contributed by atoms with van der Waals surface area (Å²) in [5, 5.41) is 0. The lowest BCUT2D eigenvalue weighted by Gasteiger charge is -2.03. The molecule has 0 aliphatic carbocycles. The monoisotopic (exact) mass is 191 g/mol. The van der Waals surface area contributed by atoms with Crippen molar-refractivity contribution in [2.75, 3.05) is 6.61 Å². The molecule has 0 aromatic heterocycles. The molecule has 0 saturated carbocycles. The molecule has 1 atom stereocenters. The number of rotatable bonds is 5. The van der Waals surface area contributed by atoms with E-state index in [1.807, 2.05) is 6.92 Å². The second kappa shape index (κ2) is 6.30. The van der Waals surface area contributed by atoms with Crippen molar-refractivity contribution >= 4 is 8.25 Å². The van der Waals surface area contributed by atoms with Crippen LogP contribution in [0, 0.1) is 0 Å². The highest BCUT2D eigenvalue weighted by Gasteiger charge is 2.12. The summed E-state index contributed by atoms with van der Waals surface area (Å²) in [7, 11) is -2.45. The summed E-state index contributed by atoms with van der Waals surface area (Å²) < 4.78 is 14.8. The van der Waals surface area contributed by atoms with E-state index in [9.17, 15) is 4.57 Å². The van der Waals surface area contributed by atoms with Crippen LogP contribution in [0.5, 0.6) is 0 Å². The van der Waals surface area contributed by atoms with Crippen molar-refractivity contribution in [3.05, 3.63) is 11.1 Å². The zero-order valence-corrected chi connectivity index (χ0v) is 8.73. The van der Waals surface area contributed by atoms with Crippen LogP contribution in [-0.4, -0.2) is 11.5 Å². The average molecular weight is 191 g/mol. The van der Waals surface area contributed by atoms with E-state index in [1.54, 1.807) is 0 Å². The molecule has 4 heteroatoms. The molecule has 0 fully saturated rings. The van der Waals surface area contributed by atoms with Gasteiger partial charge in [0.2, 0.25) is 0 Å². The van der Waals surface area contributed by atoms with Crippen molar-refractivity contribution in [2.24, 2.45) is 0 Å². The summed E-state index contributed by atoms with van der Waals surface area (Å²) >= 11 is 0. The van der Waals surface area contributed by atoms with Gasteiger partial charge in [-0.25, -0.2) is 0 Å². The number of hydrogen-bond donors (Lipinski definition) is 1. The first-order valence-electron chi connectivity index (χ1n) is 4.08. The molecular formula is C8H16O3P+. The average Bonchev–Trinajstić information content (AvgIpc) is 2.03. The lowest BCUT2D eigenvalue weighted by atomic mass is 10.1. The van der Waals surface area contributed by atoms with Crippen LogP contribution in [0.2, 0.25) is 0 Å². The molecule has 0 amide bonds. The van der Waals surface area contributed by atoms with Crippen LogP contribution in [-0.2, 0) is 9.09 Å². The van der Waals surface area contributed by atoms with E-state index in [0.29, 0.717) is 0 Å². The van der Waals surface area contributed by atoms with E-state index in [1.165, 1.54) is 5.57 Å². The predicted octanol–water partition coefficient (Wildman–Crippen LogP) is 2.79. The maximum absolute atomic E-state index is 10.2. The van der Waals surface area contributed by atoms with Gasteiger partial charge in [0, 0.05) is 4.57 Å². The van der Waals surface area contributed by atoms with Crippen LogP contribution >= 0.6 is 8.25 Å². The van der Waals surface area contributed by atoms with Crippen molar-refractivity contribution in [1.82, 2.24) is 0 Å². The van der Waals surface area contributed by atoms with Gasteiger partial charge in [0.25, 0.3) is 0 Å². The highest BCUT2D eigenvalue weighted by molar-refractivity contribution is 7.32. The fourth-order valence-electron chi connectivity index (χ4n) is 1.11. The molecule has 0 aliphatic rings. The zero-order valence-electron chi connectivity index (χ0n) is 7.83. The van der Waals surface area contributed by atoms with Crippen molar-refractivity contribution < 1.29 is 14.0 Å². The number of hydrogen-bond acceptors (Lipinski definition) is 2. The van der Waals surface area contributed by atoms with Gasteiger partial charge < -0.3 is 0 Å². The highest BCUT2D eigenvalue weighted by atomic mass is 31.1. The van der Waals surface area contributed by atoms with Crippen LogP contribution < -0.4 is 0 Å². The SMILES string of the molecule is CCC(CC)=C(C)CO[P+](=O)O. The molecule has 70 valence electrons. The maximum atomic E-state index is 10.2. The van der Waals surface area contributed by atoms with Gasteiger partial charge in [0.05, 0.1) is 0 Å². The molecule has 1 unspecified atom stereocenters. The molecule has 0 radical (unpaired) electrons. The second-order valence-electron chi connectivity index (χ2n) is 2.60. The van der Waals surface area contributed by atoms with Gasteiger partial charge in [-0.15, -0.1) is 9.42 Å². The molecule has 0 aliphatic heterocycles. The minimum absolute atomic E-state index is 0.267. The summed E-state index contributed by atoms with van der Waals surface area (Å²) in [6.07, 6.45) is 1.96. The van der Waals surface area contributed by atoms with Crippen molar-refractivity contribution in [1.29, 1.82) is 0 Å². The summed E-state index contributed by atoms with van der Waals surface area (Å²) in [5.41, 5.74) is 2.37. The maximum Gasteiger partial charge on any atom is 0.695 e. The Morgan fingerprint density at radius 1 is 1.42 bits per heavy atom. The topological polar surface area (TPSA) is 46.5 Å². The molecule has 1 N–H and O–H groups in total. The van der Waals surface area contributed by atoms with Gasteiger partial charge in [-0.1, -0.05) is 19.4 Å². The quantitative estimate of drug-likeness (QED) is 0.536. The second-order valence-corrected chi connectivity index (χ2v) is 3.34. The largest absolute Gasteiger partial charge is 0.695 e. The van der Waals surface area contributed by atoms with Gasteiger partial charge >= 0.3 is 8.25 Å². The molecular weight excluding hydrogens is 175 g/mol. The third kappa shape index (κ3) is 4.60. The van der Waals surface area contributed by atoms with Gasteiger partial charge in [0.15, 0.2) is 0 Å². The first-order valence-corrected chi connectivity index (χ1v) is 5.21. The van der Waals surface area contributed by atoms with E-state index in [2.05, 4.69) is 18.4 Å². The Morgan fingerprint density at radius 3 is 2.25 bits per heavy atom. The van der Waals surface area contributed by atoms with Crippen LogP contribution in [0.15, 0.2) is 11.1 Å². The molecule has 0 bridgehead atoms. The molecule has 0 saturated heterocycles. The summed E-state index contributed by atoms with van der Waals surface area (Å²) in [6, 6.07) is 0. The summed E-state index contributed by atoms with van der Waals surface area (Å²) in [6.45, 7) is 6.34. The van der Waals surface area contributed by atoms with Crippen LogP contribution in [0.25, 0.3) is 0 Å². The minimum Gasteiger partial charge on any atom is -0.133 e. The van der Waals surface area contributed by atoms with Crippen LogP contribution in [0.4, 0.5) is 0 Å². The Labute approximate surface area is 74.4 Å². The van der Waals surface area contributed by atoms with Crippen molar-refractivity contribution in [2.45, 2.75) is 33.6 Å². The van der Waals surface area contributed by atoms with Gasteiger partial charge in [-0.05, 0) is 25.3 Å². The van der Waals surface area contributed by atoms with E-state index in [0.717, 1.165) is 18.4 Å². The minimum atomic E-state index is -2.45. The van der Waals surface area contributed by atoms with Crippen LogP contribution in [0.1, 0.15) is 33.6 Å². The Kier molecular flexibility index (Phi) is 6.17. The van der Waals surface area contributed by atoms with Crippen LogP contribution in [0.3, 0.4) is 0 Å². The third-order valence-corrected chi connectivity index (χ3v) is 2.20. The molecule has 0 rings (SSSR count). The lowest BCUT2D eigenvalue weighted by molar-refractivity contribution is 0.304. The van der Waals surface area contributed by atoms with E-state index in [-0.39, 0.29) is 6.61 Å². The molecule has 0 heterocycles. The molecule has 0 spiro atoms. The van der Waals surface area contributed by atoms with Crippen molar-refractivity contribution in [3.8, 4) is 0 Å². The molecule has 3 nitrogen and oxygen atoms in total. The Hall–Kier alpha value is -0.240. The summed E-state index contributed by atoms with van der Waals surface area (Å²) in [5.74, 6) is 0. The Balaban J connectivity index is 4.05. The Bertz CT molecular complexity index is 181. The molecule has 0 aromatic carbocycles. The first-order chi connectivity index (χ1) is 5.61. The number of allylic oxidation sites excluding steroid dienone is 1. The van der Waals surface area contributed by atoms with E-state index in [4.69, 9.17) is 4.89 Å². The molecule has 0 aromatic rings. The fraction of sp³-hybridized carbons (Fsp3) is 0.750. The zero-order chi connectivity index (χ0) is 9.56. The molecule has 12 heavy (non-hydrogen) atoms. The highest BCUT2D eigenvalue weighted by Crippen LogP contribution is 2.19. The van der Waals surface area contributed by atoms with E-state index < -0.39 is 8.25 Å². The van der Waals surface area contributed by atoms with Gasteiger partial charge in [0.1, 0.15) is 6.61 Å². The fourth-order valence-corrected chi connectivity index (χ4v) is 1.41. The smallest absolute Gasteiger partial charge is 0.133 e. The first kappa shape index (κ1) is 11.8. The Morgan fingerprint density at radius 2 is 1.92 bits per heavy atom. The van der Waals surface area contributed by atoms with E-state index >= 15 is 0 Å². The standard InChI is InChI=1S/C8H15O3P/c1-4-8(5-2)7(3)6-11-12(9)10/h4-6H2,1-3H3/p+1. The van der Waals surface area contributed by atoms with Gasteiger partial charge in [-0.2, -0.15) is 0 Å². The lowest BCUT2D eigenvalue weighted by Crippen LogP contribution is -1.93. The normalized spacial score (nSPS) is 11.2. The van der Waals surface area contributed by atoms with Crippen molar-refractivity contribution in [3.63, 3.8) is 0 Å². The third-order valence-electron chi connectivity index (χ3n) is 1.85. The predicted molar refractivity (Wildman–Crippen MR) is 49.1 cm³/mol.